The molecule has 0 unspecified atom stereocenters. The van der Waals surface area contributed by atoms with E-state index in [2.05, 4.69) is 20.6 Å². The molecule has 1 atom stereocenters. The van der Waals surface area contributed by atoms with Crippen molar-refractivity contribution in [1.82, 2.24) is 20.0 Å². The lowest BCUT2D eigenvalue weighted by molar-refractivity contribution is -0.115. The van der Waals surface area contributed by atoms with Crippen molar-refractivity contribution in [1.29, 1.82) is 0 Å². The summed E-state index contributed by atoms with van der Waals surface area (Å²) in [6, 6.07) is 7.67. The molecule has 0 spiro atoms. The maximum atomic E-state index is 12.5. The molecule has 0 saturated carbocycles. The van der Waals surface area contributed by atoms with Gasteiger partial charge in [-0.1, -0.05) is 23.9 Å². The Hall–Kier alpha value is -2.81. The van der Waals surface area contributed by atoms with Crippen LogP contribution in [0.3, 0.4) is 0 Å². The number of carbonyl (C=O) groups is 1. The number of nitrogens with zero attached hydrogens (tertiary/aromatic N) is 4. The van der Waals surface area contributed by atoms with Crippen molar-refractivity contribution in [2.75, 3.05) is 12.4 Å². The SMILES string of the molecule is COc1ccc(Cc2nnc(S[C@H](C)C(=O)Nc3c(C)nn(C)c3C)o2)cc1. The van der Waals surface area contributed by atoms with Crippen LogP contribution in [0.25, 0.3) is 0 Å². The Bertz CT molecular complexity index is 965. The van der Waals surface area contributed by atoms with Crippen molar-refractivity contribution in [2.24, 2.45) is 7.05 Å². The van der Waals surface area contributed by atoms with Crippen LogP contribution in [-0.4, -0.2) is 38.2 Å². The third-order valence-corrected chi connectivity index (χ3v) is 5.30. The van der Waals surface area contributed by atoms with Crippen LogP contribution in [0.15, 0.2) is 33.9 Å². The summed E-state index contributed by atoms with van der Waals surface area (Å²) >= 11 is 1.23. The van der Waals surface area contributed by atoms with E-state index in [1.54, 1.807) is 18.7 Å². The number of hydrogen-bond acceptors (Lipinski definition) is 7. The molecule has 1 aromatic carbocycles. The number of amides is 1. The Morgan fingerprint density at radius 2 is 2.00 bits per heavy atom. The van der Waals surface area contributed by atoms with Gasteiger partial charge in [-0.25, -0.2) is 0 Å². The van der Waals surface area contributed by atoms with Gasteiger partial charge in [-0.2, -0.15) is 5.10 Å². The molecule has 3 aromatic rings. The van der Waals surface area contributed by atoms with Gasteiger partial charge >= 0.3 is 0 Å². The minimum atomic E-state index is -0.395. The number of methoxy groups -OCH3 is 1. The smallest absolute Gasteiger partial charge is 0.277 e. The Labute approximate surface area is 167 Å². The van der Waals surface area contributed by atoms with Crippen molar-refractivity contribution in [2.45, 2.75) is 37.7 Å². The molecule has 0 bridgehead atoms. The van der Waals surface area contributed by atoms with E-state index in [9.17, 15) is 4.79 Å². The zero-order valence-electron chi connectivity index (χ0n) is 16.5. The summed E-state index contributed by atoms with van der Waals surface area (Å²) in [5, 5.41) is 15.3. The molecule has 1 N–H and O–H groups in total. The highest BCUT2D eigenvalue weighted by Gasteiger charge is 2.21. The number of aryl methyl sites for hydroxylation is 2. The van der Waals surface area contributed by atoms with Gasteiger partial charge in [-0.15, -0.1) is 10.2 Å². The fraction of sp³-hybridized carbons (Fsp3) is 0.368. The highest BCUT2D eigenvalue weighted by Crippen LogP contribution is 2.25. The van der Waals surface area contributed by atoms with Gasteiger partial charge in [0.2, 0.25) is 11.8 Å². The maximum Gasteiger partial charge on any atom is 0.277 e. The maximum absolute atomic E-state index is 12.5. The second kappa shape index (κ2) is 8.47. The molecule has 2 aromatic heterocycles. The van der Waals surface area contributed by atoms with Crippen molar-refractivity contribution in [3.8, 4) is 5.75 Å². The number of aromatic nitrogens is 4. The van der Waals surface area contributed by atoms with Crippen LogP contribution in [0, 0.1) is 13.8 Å². The van der Waals surface area contributed by atoms with E-state index in [-0.39, 0.29) is 5.91 Å². The largest absolute Gasteiger partial charge is 0.497 e. The van der Waals surface area contributed by atoms with E-state index >= 15 is 0 Å². The molecule has 148 valence electrons. The van der Waals surface area contributed by atoms with Gasteiger partial charge in [-0.05, 0) is 38.5 Å². The average molecular weight is 401 g/mol. The molecule has 28 heavy (non-hydrogen) atoms. The minimum absolute atomic E-state index is 0.140. The number of nitrogens with one attached hydrogen (secondary N) is 1. The van der Waals surface area contributed by atoms with Crippen molar-refractivity contribution >= 4 is 23.4 Å². The van der Waals surface area contributed by atoms with Crippen LogP contribution in [0.5, 0.6) is 5.75 Å². The lowest BCUT2D eigenvalue weighted by Gasteiger charge is -2.10. The highest BCUT2D eigenvalue weighted by molar-refractivity contribution is 8.00. The molecule has 8 nitrogen and oxygen atoms in total. The second-order valence-corrected chi connectivity index (χ2v) is 7.70. The quantitative estimate of drug-likeness (QED) is 0.608. The van der Waals surface area contributed by atoms with Crippen LogP contribution in [-0.2, 0) is 18.3 Å². The first-order valence-electron chi connectivity index (χ1n) is 8.80. The molecule has 3 rings (SSSR count). The Morgan fingerprint density at radius 3 is 2.61 bits per heavy atom. The minimum Gasteiger partial charge on any atom is -0.497 e. The summed E-state index contributed by atoms with van der Waals surface area (Å²) < 4.78 is 12.6. The molecule has 0 fully saturated rings. The number of thioether (sulfide) groups is 1. The van der Waals surface area contributed by atoms with E-state index in [1.165, 1.54) is 11.8 Å². The topological polar surface area (TPSA) is 95.1 Å². The average Bonchev–Trinajstić information content (AvgIpc) is 3.21. The van der Waals surface area contributed by atoms with Crippen molar-refractivity contribution in [3.05, 3.63) is 47.1 Å². The van der Waals surface area contributed by atoms with Gasteiger partial charge in [0.25, 0.3) is 5.22 Å². The molecule has 0 aliphatic rings. The first-order valence-corrected chi connectivity index (χ1v) is 9.68. The number of benzene rings is 1. The standard InChI is InChI=1S/C19H23N5O3S/c1-11-17(12(2)24(4)23-11)20-18(25)13(3)28-19-22-21-16(27-19)10-14-6-8-15(26-5)9-7-14/h6-9,13H,10H2,1-5H3,(H,20,25)/t13-/m1/s1. The van der Waals surface area contributed by atoms with E-state index in [1.807, 2.05) is 45.2 Å². The van der Waals surface area contributed by atoms with Gasteiger partial charge in [0.05, 0.1) is 35.9 Å². The molecule has 2 heterocycles. The molecule has 0 radical (unpaired) electrons. The van der Waals surface area contributed by atoms with Crippen LogP contribution in [0.2, 0.25) is 0 Å². The molecule has 1 amide bonds. The second-order valence-electron chi connectivity index (χ2n) is 6.41. The first-order chi connectivity index (χ1) is 13.4. The van der Waals surface area contributed by atoms with E-state index in [4.69, 9.17) is 9.15 Å². The molecular weight excluding hydrogens is 378 g/mol. The Morgan fingerprint density at radius 1 is 1.29 bits per heavy atom. The van der Waals surface area contributed by atoms with E-state index in [0.29, 0.717) is 17.5 Å². The van der Waals surface area contributed by atoms with Crippen molar-refractivity contribution in [3.63, 3.8) is 0 Å². The molecule has 0 aliphatic heterocycles. The van der Waals surface area contributed by atoms with Gasteiger partial charge in [0.1, 0.15) is 5.75 Å². The number of carbonyl (C=O) groups excluding carboxylic acids is 1. The number of anilines is 1. The number of hydrogen-bond donors (Lipinski definition) is 1. The molecular formula is C19H23N5O3S. The van der Waals surface area contributed by atoms with E-state index in [0.717, 1.165) is 28.4 Å². The van der Waals surface area contributed by atoms with Crippen molar-refractivity contribution < 1.29 is 13.9 Å². The number of rotatable bonds is 7. The highest BCUT2D eigenvalue weighted by atomic mass is 32.2. The van der Waals surface area contributed by atoms with Crippen LogP contribution in [0.4, 0.5) is 5.69 Å². The Kier molecular flexibility index (Phi) is 6.03. The third kappa shape index (κ3) is 4.53. The predicted octanol–water partition coefficient (Wildman–Crippen LogP) is 3.14. The monoisotopic (exact) mass is 401 g/mol. The normalized spacial score (nSPS) is 12.0. The summed E-state index contributed by atoms with van der Waals surface area (Å²) in [6.07, 6.45) is 0.520. The van der Waals surface area contributed by atoms with Crippen LogP contribution >= 0.6 is 11.8 Å². The van der Waals surface area contributed by atoms with Gasteiger partial charge < -0.3 is 14.5 Å². The summed E-state index contributed by atoms with van der Waals surface area (Å²) in [4.78, 5) is 12.5. The lowest BCUT2D eigenvalue weighted by atomic mass is 10.1. The third-order valence-electron chi connectivity index (χ3n) is 4.37. The summed E-state index contributed by atoms with van der Waals surface area (Å²) in [5.74, 6) is 1.16. The fourth-order valence-corrected chi connectivity index (χ4v) is 3.36. The van der Waals surface area contributed by atoms with Crippen LogP contribution in [0.1, 0.15) is 29.8 Å². The first kappa shape index (κ1) is 19.9. The summed E-state index contributed by atoms with van der Waals surface area (Å²) in [7, 11) is 3.48. The van der Waals surface area contributed by atoms with E-state index < -0.39 is 5.25 Å². The summed E-state index contributed by atoms with van der Waals surface area (Å²) in [6.45, 7) is 5.58. The lowest BCUT2D eigenvalue weighted by Crippen LogP contribution is -2.23. The zero-order valence-corrected chi connectivity index (χ0v) is 17.3. The molecule has 0 aliphatic carbocycles. The van der Waals surface area contributed by atoms with Gasteiger partial charge in [0.15, 0.2) is 0 Å². The zero-order chi connectivity index (χ0) is 20.3. The predicted molar refractivity (Wildman–Crippen MR) is 107 cm³/mol. The summed E-state index contributed by atoms with van der Waals surface area (Å²) in [5.41, 5.74) is 3.47. The fourth-order valence-electron chi connectivity index (χ4n) is 2.66. The Balaban J connectivity index is 1.59. The molecule has 0 saturated heterocycles. The van der Waals surface area contributed by atoms with Gasteiger partial charge in [0, 0.05) is 7.05 Å². The van der Waals surface area contributed by atoms with Crippen LogP contribution < -0.4 is 10.1 Å². The number of ether oxygens (including phenoxy) is 1. The molecule has 9 heteroatoms. The van der Waals surface area contributed by atoms with Gasteiger partial charge in [-0.3, -0.25) is 9.48 Å².